The Hall–Kier alpha value is -1.06. The molecule has 0 spiro atoms. The highest BCUT2D eigenvalue weighted by atomic mass is 16.2. The first-order valence-electron chi connectivity index (χ1n) is 5.56. The van der Waals surface area contributed by atoms with Crippen LogP contribution in [0.25, 0.3) is 0 Å². The molecule has 0 aromatic heterocycles. The van der Waals surface area contributed by atoms with E-state index in [2.05, 4.69) is 0 Å². The quantitative estimate of drug-likeness (QED) is 0.752. The second-order valence-electron chi connectivity index (χ2n) is 4.47. The third-order valence-corrected chi connectivity index (χ3v) is 3.43. The second-order valence-corrected chi connectivity index (χ2v) is 4.47. The maximum atomic E-state index is 12.2. The number of hydrogen-bond donors (Lipinski definition) is 1. The fourth-order valence-electron chi connectivity index (χ4n) is 2.48. The minimum absolute atomic E-state index is 0.0284. The molecule has 86 valence electrons. The van der Waals surface area contributed by atoms with Crippen LogP contribution in [0.3, 0.4) is 0 Å². The first-order valence-corrected chi connectivity index (χ1v) is 5.56. The molecule has 0 saturated heterocycles. The van der Waals surface area contributed by atoms with Crippen molar-refractivity contribution in [2.24, 2.45) is 11.1 Å². The predicted molar refractivity (Wildman–Crippen MR) is 58.0 cm³/mol. The van der Waals surface area contributed by atoms with Gasteiger partial charge in [-0.2, -0.15) is 0 Å². The van der Waals surface area contributed by atoms with Crippen LogP contribution in [0, 0.1) is 5.41 Å². The molecule has 0 atom stereocenters. The summed E-state index contributed by atoms with van der Waals surface area (Å²) in [6.45, 7) is 2.07. The topological polar surface area (TPSA) is 63.4 Å². The van der Waals surface area contributed by atoms with Crippen LogP contribution >= 0.6 is 0 Å². The Morgan fingerprint density at radius 3 is 2.27 bits per heavy atom. The lowest BCUT2D eigenvalue weighted by molar-refractivity contribution is -0.143. The minimum atomic E-state index is -0.449. The molecular weight excluding hydrogens is 192 g/mol. The molecule has 0 radical (unpaired) electrons. The Bertz CT molecular complexity index is 257. The van der Waals surface area contributed by atoms with Crippen LogP contribution in [0.5, 0.6) is 0 Å². The standard InChI is InChI=1S/C11H20N2O2/c1-3-11(6-4-5-7-11)10(15)13(2)8-9(12)14/h3-8H2,1-2H3,(H2,12,14). The van der Waals surface area contributed by atoms with E-state index < -0.39 is 5.91 Å². The van der Waals surface area contributed by atoms with Gasteiger partial charge in [-0.3, -0.25) is 9.59 Å². The summed E-state index contributed by atoms with van der Waals surface area (Å²) in [5.74, 6) is -0.364. The first kappa shape index (κ1) is 12.0. The number of nitrogens with zero attached hydrogens (tertiary/aromatic N) is 1. The average Bonchev–Trinajstić information content (AvgIpc) is 2.65. The van der Waals surface area contributed by atoms with Gasteiger partial charge >= 0.3 is 0 Å². The number of primary amides is 1. The molecular formula is C11H20N2O2. The van der Waals surface area contributed by atoms with Crippen molar-refractivity contribution in [3.05, 3.63) is 0 Å². The van der Waals surface area contributed by atoms with Crippen LogP contribution in [0.4, 0.5) is 0 Å². The van der Waals surface area contributed by atoms with E-state index in [1.807, 2.05) is 6.92 Å². The molecule has 0 heterocycles. The average molecular weight is 212 g/mol. The van der Waals surface area contributed by atoms with E-state index in [0.717, 1.165) is 32.1 Å². The van der Waals surface area contributed by atoms with Crippen LogP contribution in [-0.4, -0.2) is 30.3 Å². The Labute approximate surface area is 90.8 Å². The number of carbonyl (C=O) groups excluding carboxylic acids is 2. The van der Waals surface area contributed by atoms with Crippen LogP contribution < -0.4 is 5.73 Å². The molecule has 15 heavy (non-hydrogen) atoms. The lowest BCUT2D eigenvalue weighted by atomic mass is 9.82. The molecule has 1 aliphatic rings. The van der Waals surface area contributed by atoms with Crippen LogP contribution in [0.2, 0.25) is 0 Å². The van der Waals surface area contributed by atoms with Gasteiger partial charge in [-0.1, -0.05) is 19.8 Å². The van der Waals surface area contributed by atoms with Crippen molar-refractivity contribution in [1.29, 1.82) is 0 Å². The second kappa shape index (κ2) is 4.64. The number of hydrogen-bond acceptors (Lipinski definition) is 2. The third-order valence-electron chi connectivity index (χ3n) is 3.43. The normalized spacial score (nSPS) is 18.8. The summed E-state index contributed by atoms with van der Waals surface area (Å²) in [6.07, 6.45) is 4.99. The number of nitrogens with two attached hydrogens (primary N) is 1. The van der Waals surface area contributed by atoms with E-state index in [-0.39, 0.29) is 17.9 Å². The monoisotopic (exact) mass is 212 g/mol. The predicted octanol–water partition coefficient (Wildman–Crippen LogP) is 0.900. The molecule has 0 aromatic rings. The van der Waals surface area contributed by atoms with Gasteiger partial charge in [0.2, 0.25) is 11.8 Å². The molecule has 0 unspecified atom stereocenters. The van der Waals surface area contributed by atoms with Crippen LogP contribution in [0.15, 0.2) is 0 Å². The van der Waals surface area contributed by atoms with E-state index >= 15 is 0 Å². The largest absolute Gasteiger partial charge is 0.368 e. The van der Waals surface area contributed by atoms with E-state index in [9.17, 15) is 9.59 Å². The minimum Gasteiger partial charge on any atom is -0.368 e. The van der Waals surface area contributed by atoms with Gasteiger partial charge in [0.05, 0.1) is 6.54 Å². The van der Waals surface area contributed by atoms with Crippen molar-refractivity contribution in [3.63, 3.8) is 0 Å². The highest BCUT2D eigenvalue weighted by molar-refractivity contribution is 5.87. The number of amides is 2. The SMILES string of the molecule is CCC1(C(=O)N(C)CC(N)=O)CCCC1. The molecule has 1 saturated carbocycles. The van der Waals surface area contributed by atoms with Crippen molar-refractivity contribution in [2.75, 3.05) is 13.6 Å². The zero-order valence-corrected chi connectivity index (χ0v) is 9.58. The summed E-state index contributed by atoms with van der Waals surface area (Å²) in [6, 6.07) is 0. The number of carbonyl (C=O) groups is 2. The Morgan fingerprint density at radius 1 is 1.33 bits per heavy atom. The molecule has 1 fully saturated rings. The zero-order valence-electron chi connectivity index (χ0n) is 9.58. The number of likely N-dealkylation sites (N-methyl/N-ethyl adjacent to an activating group) is 1. The lowest BCUT2D eigenvalue weighted by Crippen LogP contribution is -2.43. The van der Waals surface area contributed by atoms with Crippen molar-refractivity contribution in [3.8, 4) is 0 Å². The van der Waals surface area contributed by atoms with Gasteiger partial charge in [0, 0.05) is 12.5 Å². The van der Waals surface area contributed by atoms with Gasteiger partial charge in [-0.05, 0) is 19.3 Å². The Kier molecular flexibility index (Phi) is 3.72. The van der Waals surface area contributed by atoms with Crippen LogP contribution in [-0.2, 0) is 9.59 Å². The highest BCUT2D eigenvalue weighted by Gasteiger charge is 2.41. The number of rotatable bonds is 4. The summed E-state index contributed by atoms with van der Waals surface area (Å²) < 4.78 is 0. The Morgan fingerprint density at radius 2 is 1.87 bits per heavy atom. The van der Waals surface area contributed by atoms with Crippen molar-refractivity contribution < 1.29 is 9.59 Å². The summed E-state index contributed by atoms with van der Waals surface area (Å²) >= 11 is 0. The fraction of sp³-hybridized carbons (Fsp3) is 0.818. The molecule has 2 amide bonds. The van der Waals surface area contributed by atoms with Crippen molar-refractivity contribution in [1.82, 2.24) is 4.90 Å². The lowest BCUT2D eigenvalue weighted by Gasteiger charge is -2.30. The van der Waals surface area contributed by atoms with E-state index in [1.165, 1.54) is 4.90 Å². The molecule has 0 aromatic carbocycles. The summed E-state index contributed by atoms with van der Waals surface area (Å²) in [7, 11) is 1.66. The molecule has 1 aliphatic carbocycles. The van der Waals surface area contributed by atoms with Gasteiger partial charge in [-0.15, -0.1) is 0 Å². The Balaban J connectivity index is 2.68. The molecule has 4 heteroatoms. The van der Waals surface area contributed by atoms with Gasteiger partial charge in [0.15, 0.2) is 0 Å². The fourth-order valence-corrected chi connectivity index (χ4v) is 2.48. The molecule has 4 nitrogen and oxygen atoms in total. The zero-order chi connectivity index (χ0) is 11.5. The van der Waals surface area contributed by atoms with Gasteiger partial charge in [-0.25, -0.2) is 0 Å². The van der Waals surface area contributed by atoms with Crippen molar-refractivity contribution >= 4 is 11.8 Å². The summed E-state index contributed by atoms with van der Waals surface area (Å²) in [5.41, 5.74) is 4.86. The summed E-state index contributed by atoms with van der Waals surface area (Å²) in [5, 5.41) is 0. The van der Waals surface area contributed by atoms with Gasteiger partial charge in [0.1, 0.15) is 0 Å². The molecule has 0 bridgehead atoms. The van der Waals surface area contributed by atoms with E-state index in [0.29, 0.717) is 0 Å². The van der Waals surface area contributed by atoms with Crippen LogP contribution in [0.1, 0.15) is 39.0 Å². The van der Waals surface area contributed by atoms with E-state index in [1.54, 1.807) is 7.05 Å². The van der Waals surface area contributed by atoms with Gasteiger partial charge in [0.25, 0.3) is 0 Å². The first-order chi connectivity index (χ1) is 7.02. The van der Waals surface area contributed by atoms with E-state index in [4.69, 9.17) is 5.73 Å². The maximum Gasteiger partial charge on any atom is 0.237 e. The third kappa shape index (κ3) is 2.49. The highest BCUT2D eigenvalue weighted by Crippen LogP contribution is 2.42. The van der Waals surface area contributed by atoms with Crippen molar-refractivity contribution in [2.45, 2.75) is 39.0 Å². The smallest absolute Gasteiger partial charge is 0.237 e. The molecule has 0 aliphatic heterocycles. The maximum absolute atomic E-state index is 12.2. The van der Waals surface area contributed by atoms with Gasteiger partial charge < -0.3 is 10.6 Å². The summed E-state index contributed by atoms with van der Waals surface area (Å²) in [4.78, 5) is 24.4. The molecule has 1 rings (SSSR count). The molecule has 2 N–H and O–H groups in total.